The molecule has 0 atom stereocenters. The quantitative estimate of drug-likeness (QED) is 0.770. The van der Waals surface area contributed by atoms with Crippen LogP contribution < -0.4 is 0 Å². The molecular formula is C11H12F2O5S. The van der Waals surface area contributed by atoms with Crippen molar-refractivity contribution in [2.75, 3.05) is 19.0 Å². The van der Waals surface area contributed by atoms with E-state index in [0.29, 0.717) is 0 Å². The van der Waals surface area contributed by atoms with Crippen molar-refractivity contribution in [1.82, 2.24) is 0 Å². The topological polar surface area (TPSA) is 80.7 Å². The number of benzene rings is 1. The first-order chi connectivity index (χ1) is 8.83. The van der Waals surface area contributed by atoms with Crippen LogP contribution in [0.5, 0.6) is 0 Å². The van der Waals surface area contributed by atoms with E-state index >= 15 is 0 Å². The molecule has 0 bridgehead atoms. The average molecular weight is 294 g/mol. The molecular weight excluding hydrogens is 282 g/mol. The predicted octanol–water partition coefficient (Wildman–Crippen LogP) is 1.44. The van der Waals surface area contributed by atoms with E-state index in [4.69, 9.17) is 5.11 Å². The highest BCUT2D eigenvalue weighted by Gasteiger charge is 2.15. The van der Waals surface area contributed by atoms with Crippen molar-refractivity contribution in [3.63, 3.8) is 0 Å². The molecule has 0 aromatic heterocycles. The van der Waals surface area contributed by atoms with Crippen LogP contribution in [0.3, 0.4) is 0 Å². The van der Waals surface area contributed by atoms with Crippen LogP contribution in [-0.2, 0) is 14.6 Å². The first-order valence-corrected chi connectivity index (χ1v) is 6.90. The minimum absolute atomic E-state index is 0.0344. The Morgan fingerprint density at radius 1 is 1.26 bits per heavy atom. The van der Waals surface area contributed by atoms with Crippen LogP contribution in [0, 0.1) is 0 Å². The van der Waals surface area contributed by atoms with Crippen molar-refractivity contribution < 1.29 is 31.8 Å². The summed E-state index contributed by atoms with van der Waals surface area (Å²) in [6, 6.07) is 4.64. The smallest absolute Gasteiger partial charge is 0.335 e. The van der Waals surface area contributed by atoms with Gasteiger partial charge in [-0.3, -0.25) is 0 Å². The number of carboxylic acid groups (broad SMARTS) is 1. The van der Waals surface area contributed by atoms with Crippen molar-refractivity contribution in [2.24, 2.45) is 0 Å². The third-order valence-electron chi connectivity index (χ3n) is 2.20. The number of rotatable bonds is 7. The number of ether oxygens (including phenoxy) is 1. The van der Waals surface area contributed by atoms with Crippen molar-refractivity contribution in [1.29, 1.82) is 0 Å². The number of hydrogen-bond donors (Lipinski definition) is 1. The summed E-state index contributed by atoms with van der Waals surface area (Å²) in [6.07, 6.45) is -2.64. The fourth-order valence-corrected chi connectivity index (χ4v) is 2.39. The second kappa shape index (κ2) is 6.58. The Morgan fingerprint density at radius 2 is 1.84 bits per heavy atom. The third-order valence-corrected chi connectivity index (χ3v) is 3.90. The molecule has 0 amide bonds. The van der Waals surface area contributed by atoms with Crippen LogP contribution in [0.2, 0.25) is 0 Å². The standard InChI is InChI=1S/C11H12F2O5S/c12-10(13)7-18-5-6-19(16,17)9-3-1-8(2-4-9)11(14)15/h1-4,10H,5-7H2,(H,14,15). The Kier molecular flexibility index (Phi) is 5.37. The zero-order valence-corrected chi connectivity index (χ0v) is 10.6. The molecule has 0 aliphatic carbocycles. The number of sulfone groups is 1. The summed E-state index contributed by atoms with van der Waals surface area (Å²) in [6.45, 7) is -1.15. The minimum atomic E-state index is -3.66. The van der Waals surface area contributed by atoms with Crippen molar-refractivity contribution >= 4 is 15.8 Å². The normalized spacial score (nSPS) is 11.7. The summed E-state index contributed by atoms with van der Waals surface area (Å²) >= 11 is 0. The zero-order chi connectivity index (χ0) is 14.5. The molecule has 0 fully saturated rings. The Labute approximate surface area is 108 Å². The molecule has 8 heteroatoms. The van der Waals surface area contributed by atoms with Gasteiger partial charge in [-0.1, -0.05) is 0 Å². The highest BCUT2D eigenvalue weighted by atomic mass is 32.2. The molecule has 1 N–H and O–H groups in total. The number of alkyl halides is 2. The van der Waals surface area contributed by atoms with E-state index in [9.17, 15) is 22.0 Å². The predicted molar refractivity (Wildman–Crippen MR) is 62.3 cm³/mol. The maximum atomic E-state index is 11.8. The Morgan fingerprint density at radius 3 is 2.32 bits per heavy atom. The lowest BCUT2D eigenvalue weighted by Gasteiger charge is -2.06. The van der Waals surface area contributed by atoms with Gasteiger partial charge in [-0.25, -0.2) is 22.0 Å². The second-order valence-electron chi connectivity index (χ2n) is 3.61. The van der Waals surface area contributed by atoms with Gasteiger partial charge in [0.15, 0.2) is 9.84 Å². The SMILES string of the molecule is O=C(O)c1ccc(S(=O)(=O)CCOCC(F)F)cc1. The second-order valence-corrected chi connectivity index (χ2v) is 5.72. The van der Waals surface area contributed by atoms with Gasteiger partial charge in [-0.2, -0.15) is 0 Å². The summed E-state index contributed by atoms with van der Waals surface area (Å²) in [4.78, 5) is 10.5. The fraction of sp³-hybridized carbons (Fsp3) is 0.364. The summed E-state index contributed by atoms with van der Waals surface area (Å²) in [5, 5.41) is 8.66. The highest BCUT2D eigenvalue weighted by molar-refractivity contribution is 7.91. The minimum Gasteiger partial charge on any atom is -0.478 e. The molecule has 106 valence electrons. The number of aromatic carboxylic acids is 1. The van der Waals surface area contributed by atoms with Crippen LogP contribution in [0.25, 0.3) is 0 Å². The van der Waals surface area contributed by atoms with E-state index in [2.05, 4.69) is 4.74 Å². The Hall–Kier alpha value is -1.54. The van der Waals surface area contributed by atoms with Gasteiger partial charge in [-0.05, 0) is 24.3 Å². The van der Waals surface area contributed by atoms with Gasteiger partial charge < -0.3 is 9.84 Å². The van der Waals surface area contributed by atoms with Crippen LogP contribution in [0.15, 0.2) is 29.2 Å². The Bertz CT molecular complexity index is 525. The van der Waals surface area contributed by atoms with Crippen LogP contribution in [0.1, 0.15) is 10.4 Å². The van der Waals surface area contributed by atoms with Gasteiger partial charge in [0.05, 0.1) is 22.8 Å². The largest absolute Gasteiger partial charge is 0.478 e. The summed E-state index contributed by atoms with van der Waals surface area (Å²) in [5.74, 6) is -1.60. The maximum absolute atomic E-state index is 11.8. The molecule has 0 saturated heterocycles. The molecule has 0 unspecified atom stereocenters. The number of hydrogen-bond acceptors (Lipinski definition) is 4. The fourth-order valence-electron chi connectivity index (χ4n) is 1.26. The average Bonchev–Trinajstić information content (AvgIpc) is 2.34. The van der Waals surface area contributed by atoms with Gasteiger partial charge in [-0.15, -0.1) is 0 Å². The number of halogens is 2. The molecule has 19 heavy (non-hydrogen) atoms. The first kappa shape index (κ1) is 15.5. The lowest BCUT2D eigenvalue weighted by molar-refractivity contribution is 0.0234. The van der Waals surface area contributed by atoms with Crippen LogP contribution >= 0.6 is 0 Å². The van der Waals surface area contributed by atoms with Crippen LogP contribution in [0.4, 0.5) is 8.78 Å². The lowest BCUT2D eigenvalue weighted by atomic mass is 10.2. The molecule has 1 aromatic rings. The molecule has 0 aliphatic rings. The molecule has 5 nitrogen and oxygen atoms in total. The molecule has 0 aliphatic heterocycles. The van der Waals surface area contributed by atoms with E-state index in [1.165, 1.54) is 0 Å². The highest BCUT2D eigenvalue weighted by Crippen LogP contribution is 2.12. The summed E-state index contributed by atoms with van der Waals surface area (Å²) in [5.41, 5.74) is -0.0344. The van der Waals surface area contributed by atoms with Gasteiger partial charge in [0.25, 0.3) is 6.43 Å². The van der Waals surface area contributed by atoms with E-state index in [0.717, 1.165) is 24.3 Å². The molecule has 0 spiro atoms. The number of carboxylic acids is 1. The lowest BCUT2D eigenvalue weighted by Crippen LogP contribution is -2.15. The van der Waals surface area contributed by atoms with Gasteiger partial charge >= 0.3 is 5.97 Å². The molecule has 1 rings (SSSR count). The van der Waals surface area contributed by atoms with E-state index in [1.54, 1.807) is 0 Å². The van der Waals surface area contributed by atoms with Crippen molar-refractivity contribution in [2.45, 2.75) is 11.3 Å². The Balaban J connectivity index is 2.64. The number of carbonyl (C=O) groups is 1. The van der Waals surface area contributed by atoms with Gasteiger partial charge in [0.1, 0.15) is 6.61 Å². The third kappa shape index (κ3) is 4.92. The van der Waals surface area contributed by atoms with Gasteiger partial charge in [0.2, 0.25) is 0 Å². The van der Waals surface area contributed by atoms with Crippen LogP contribution in [-0.4, -0.2) is 44.9 Å². The summed E-state index contributed by atoms with van der Waals surface area (Å²) < 4.78 is 51.5. The van der Waals surface area contributed by atoms with Crippen molar-refractivity contribution in [3.05, 3.63) is 29.8 Å². The molecule has 0 saturated carbocycles. The molecule has 0 radical (unpaired) electrons. The maximum Gasteiger partial charge on any atom is 0.335 e. The van der Waals surface area contributed by atoms with E-state index in [-0.39, 0.29) is 17.1 Å². The van der Waals surface area contributed by atoms with E-state index < -0.39 is 34.6 Å². The van der Waals surface area contributed by atoms with E-state index in [1.807, 2.05) is 0 Å². The molecule has 0 heterocycles. The summed E-state index contributed by atoms with van der Waals surface area (Å²) in [7, 11) is -3.66. The first-order valence-electron chi connectivity index (χ1n) is 5.25. The van der Waals surface area contributed by atoms with Crippen molar-refractivity contribution in [3.8, 4) is 0 Å². The van der Waals surface area contributed by atoms with Gasteiger partial charge in [0, 0.05) is 0 Å². The zero-order valence-electron chi connectivity index (χ0n) is 9.75. The monoisotopic (exact) mass is 294 g/mol. The molecule has 1 aromatic carbocycles.